The first-order valence-corrected chi connectivity index (χ1v) is 9.06. The number of nitrogens with zero attached hydrogens (tertiary/aromatic N) is 2. The summed E-state index contributed by atoms with van der Waals surface area (Å²) >= 11 is 0. The van der Waals surface area contributed by atoms with Crippen molar-refractivity contribution in [3.63, 3.8) is 0 Å². The summed E-state index contributed by atoms with van der Waals surface area (Å²) in [7, 11) is 0. The number of rotatable bonds is 4. The number of fused-ring (bicyclic) bond motifs is 1. The molecule has 1 aliphatic rings. The summed E-state index contributed by atoms with van der Waals surface area (Å²) in [5.41, 5.74) is 2.34. The van der Waals surface area contributed by atoms with Gasteiger partial charge in [0.2, 0.25) is 0 Å². The van der Waals surface area contributed by atoms with Crippen LogP contribution in [0.25, 0.3) is 11.1 Å². The van der Waals surface area contributed by atoms with Gasteiger partial charge < -0.3 is 19.1 Å². The van der Waals surface area contributed by atoms with Gasteiger partial charge in [-0.3, -0.25) is 4.79 Å². The lowest BCUT2D eigenvalue weighted by Crippen LogP contribution is -2.38. The van der Waals surface area contributed by atoms with Gasteiger partial charge >= 0.3 is 0 Å². The highest BCUT2D eigenvalue weighted by Gasteiger charge is 2.23. The highest BCUT2D eigenvalue weighted by atomic mass is 16.4. The van der Waals surface area contributed by atoms with Crippen LogP contribution in [0.3, 0.4) is 0 Å². The van der Waals surface area contributed by atoms with Crippen LogP contribution in [0.2, 0.25) is 0 Å². The number of para-hydroxylation sites is 2. The molecular formula is C20H23N3O3. The van der Waals surface area contributed by atoms with E-state index >= 15 is 0 Å². The number of carbonyl (C=O) groups excluding carboxylic acids is 1. The molecule has 1 aliphatic heterocycles. The molecule has 1 fully saturated rings. The summed E-state index contributed by atoms with van der Waals surface area (Å²) in [6.07, 6.45) is 2.00. The third-order valence-corrected chi connectivity index (χ3v) is 5.00. The zero-order valence-corrected chi connectivity index (χ0v) is 15.1. The number of piperidine rings is 1. The van der Waals surface area contributed by atoms with Crippen molar-refractivity contribution in [2.24, 2.45) is 5.92 Å². The van der Waals surface area contributed by atoms with Crippen molar-refractivity contribution in [3.05, 3.63) is 47.4 Å². The van der Waals surface area contributed by atoms with Crippen LogP contribution in [0.5, 0.6) is 0 Å². The van der Waals surface area contributed by atoms with E-state index in [1.165, 1.54) is 0 Å². The van der Waals surface area contributed by atoms with Gasteiger partial charge in [0, 0.05) is 19.6 Å². The second-order valence-corrected chi connectivity index (χ2v) is 6.93. The van der Waals surface area contributed by atoms with Crippen molar-refractivity contribution >= 4 is 23.0 Å². The summed E-state index contributed by atoms with van der Waals surface area (Å²) in [4.78, 5) is 19.0. The lowest BCUT2D eigenvalue weighted by atomic mass is 9.97. The molecule has 0 saturated carbocycles. The highest BCUT2D eigenvalue weighted by Crippen LogP contribution is 2.26. The van der Waals surface area contributed by atoms with E-state index in [9.17, 15) is 4.79 Å². The fourth-order valence-electron chi connectivity index (χ4n) is 3.51. The van der Waals surface area contributed by atoms with Crippen LogP contribution in [-0.2, 0) is 0 Å². The van der Waals surface area contributed by atoms with E-state index in [2.05, 4.69) is 15.2 Å². The number of aryl methyl sites for hydroxylation is 2. The monoisotopic (exact) mass is 353 g/mol. The number of aromatic nitrogens is 1. The molecule has 4 rings (SSSR count). The van der Waals surface area contributed by atoms with Crippen LogP contribution < -0.4 is 10.2 Å². The molecule has 136 valence electrons. The molecule has 1 N–H and O–H groups in total. The van der Waals surface area contributed by atoms with Crippen LogP contribution in [0, 0.1) is 19.8 Å². The zero-order valence-electron chi connectivity index (χ0n) is 15.1. The molecule has 3 aromatic rings. The average molecular weight is 353 g/mol. The number of nitrogens with one attached hydrogen (secondary N) is 1. The fourth-order valence-corrected chi connectivity index (χ4v) is 3.51. The molecule has 2 aromatic heterocycles. The Morgan fingerprint density at radius 2 is 2.00 bits per heavy atom. The number of furan rings is 1. The Kier molecular flexibility index (Phi) is 4.41. The topological polar surface area (TPSA) is 71.5 Å². The predicted molar refractivity (Wildman–Crippen MR) is 99.5 cm³/mol. The third-order valence-electron chi connectivity index (χ3n) is 5.00. The molecule has 0 radical (unpaired) electrons. The van der Waals surface area contributed by atoms with Crippen LogP contribution >= 0.6 is 0 Å². The Labute approximate surface area is 152 Å². The van der Waals surface area contributed by atoms with E-state index < -0.39 is 0 Å². The molecule has 26 heavy (non-hydrogen) atoms. The molecule has 3 heterocycles. The van der Waals surface area contributed by atoms with Gasteiger partial charge in [0.15, 0.2) is 5.58 Å². The number of oxazole rings is 1. The molecule has 0 bridgehead atoms. The minimum Gasteiger partial charge on any atom is -0.466 e. The molecule has 1 aromatic carbocycles. The van der Waals surface area contributed by atoms with Crippen molar-refractivity contribution in [3.8, 4) is 0 Å². The van der Waals surface area contributed by atoms with Crippen LogP contribution in [0.15, 0.2) is 39.2 Å². The van der Waals surface area contributed by atoms with Gasteiger partial charge in [0.05, 0.1) is 5.56 Å². The maximum atomic E-state index is 12.3. The first-order valence-electron chi connectivity index (χ1n) is 9.06. The summed E-state index contributed by atoms with van der Waals surface area (Å²) in [5.74, 6) is 1.85. The minimum atomic E-state index is -0.0549. The third kappa shape index (κ3) is 3.31. The normalized spacial score (nSPS) is 15.5. The van der Waals surface area contributed by atoms with E-state index in [0.29, 0.717) is 29.8 Å². The summed E-state index contributed by atoms with van der Waals surface area (Å²) in [5, 5.41) is 3.04. The Balaban J connectivity index is 1.31. The van der Waals surface area contributed by atoms with E-state index in [-0.39, 0.29) is 5.91 Å². The largest absolute Gasteiger partial charge is 0.466 e. The minimum absolute atomic E-state index is 0.0549. The fraction of sp³-hybridized carbons (Fsp3) is 0.400. The van der Waals surface area contributed by atoms with Gasteiger partial charge in [-0.2, -0.15) is 4.98 Å². The van der Waals surface area contributed by atoms with Crippen molar-refractivity contribution in [2.45, 2.75) is 26.7 Å². The quantitative estimate of drug-likeness (QED) is 0.775. The molecule has 6 heteroatoms. The van der Waals surface area contributed by atoms with Gasteiger partial charge in [0.25, 0.3) is 11.9 Å². The van der Waals surface area contributed by atoms with Crippen molar-refractivity contribution in [1.82, 2.24) is 10.3 Å². The number of carbonyl (C=O) groups is 1. The van der Waals surface area contributed by atoms with E-state index in [4.69, 9.17) is 8.83 Å². The summed E-state index contributed by atoms with van der Waals surface area (Å²) < 4.78 is 11.3. The van der Waals surface area contributed by atoms with Crippen LogP contribution in [-0.4, -0.2) is 30.5 Å². The van der Waals surface area contributed by atoms with Gasteiger partial charge in [-0.15, -0.1) is 0 Å². The van der Waals surface area contributed by atoms with E-state index in [0.717, 1.165) is 42.8 Å². The Morgan fingerprint density at radius 1 is 1.23 bits per heavy atom. The molecule has 0 atom stereocenters. The SMILES string of the molecule is Cc1cc(C(=O)NCC2CCN(c3nc4ccccc4o3)CC2)c(C)o1. The molecular weight excluding hydrogens is 330 g/mol. The molecule has 0 unspecified atom stereocenters. The van der Waals surface area contributed by atoms with Gasteiger partial charge in [0.1, 0.15) is 17.0 Å². The second-order valence-electron chi connectivity index (χ2n) is 6.93. The Morgan fingerprint density at radius 3 is 2.69 bits per heavy atom. The number of anilines is 1. The lowest BCUT2D eigenvalue weighted by molar-refractivity contribution is 0.0943. The molecule has 6 nitrogen and oxygen atoms in total. The van der Waals surface area contributed by atoms with Gasteiger partial charge in [-0.05, 0) is 50.8 Å². The van der Waals surface area contributed by atoms with Crippen molar-refractivity contribution in [2.75, 3.05) is 24.5 Å². The van der Waals surface area contributed by atoms with E-state index in [1.807, 2.05) is 38.1 Å². The summed E-state index contributed by atoms with van der Waals surface area (Å²) in [6, 6.07) is 10.3. The predicted octanol–water partition coefficient (Wildman–Crippen LogP) is 3.68. The van der Waals surface area contributed by atoms with Crippen molar-refractivity contribution < 1.29 is 13.6 Å². The lowest BCUT2D eigenvalue weighted by Gasteiger charge is -2.30. The second kappa shape index (κ2) is 6.86. The van der Waals surface area contributed by atoms with Gasteiger partial charge in [-0.25, -0.2) is 0 Å². The zero-order chi connectivity index (χ0) is 18.1. The first kappa shape index (κ1) is 16.7. The van der Waals surface area contributed by atoms with Gasteiger partial charge in [-0.1, -0.05) is 12.1 Å². The highest BCUT2D eigenvalue weighted by molar-refractivity contribution is 5.95. The molecule has 1 saturated heterocycles. The maximum absolute atomic E-state index is 12.3. The first-order chi connectivity index (χ1) is 12.6. The standard InChI is InChI=1S/C20H23N3O3/c1-13-11-16(14(2)25-13)19(24)21-12-15-7-9-23(10-8-15)20-22-17-5-3-4-6-18(17)26-20/h3-6,11,15H,7-10,12H2,1-2H3,(H,21,24). The number of benzene rings is 1. The van der Waals surface area contributed by atoms with Crippen molar-refractivity contribution in [1.29, 1.82) is 0 Å². The number of hydrogen-bond donors (Lipinski definition) is 1. The van der Waals surface area contributed by atoms with E-state index in [1.54, 1.807) is 6.07 Å². The Hall–Kier alpha value is -2.76. The smallest absolute Gasteiger partial charge is 0.298 e. The summed E-state index contributed by atoms with van der Waals surface area (Å²) in [6.45, 7) is 6.13. The van der Waals surface area contributed by atoms with Crippen LogP contribution in [0.1, 0.15) is 34.7 Å². The Bertz CT molecular complexity index is 886. The van der Waals surface area contributed by atoms with Crippen LogP contribution in [0.4, 0.5) is 6.01 Å². The molecule has 1 amide bonds. The number of amides is 1. The molecule has 0 aliphatic carbocycles. The molecule has 0 spiro atoms. The maximum Gasteiger partial charge on any atom is 0.298 e. The number of hydrogen-bond acceptors (Lipinski definition) is 5. The average Bonchev–Trinajstić information content (AvgIpc) is 3.22.